The van der Waals surface area contributed by atoms with E-state index in [1.54, 1.807) is 25.4 Å². The molecular weight excluding hydrogens is 306 g/mol. The lowest BCUT2D eigenvalue weighted by Gasteiger charge is -2.24. The maximum Gasteiger partial charge on any atom is 0.281 e. The lowest BCUT2D eigenvalue weighted by molar-refractivity contribution is 0.387. The molecule has 0 saturated heterocycles. The topological polar surface area (TPSA) is 52.7 Å². The van der Waals surface area contributed by atoms with Gasteiger partial charge in [0.2, 0.25) is 0 Å². The Balaban J connectivity index is 2.38. The average molecular weight is 334 g/mol. The van der Waals surface area contributed by atoms with E-state index in [4.69, 9.17) is 0 Å². The number of rotatable bonds is 10. The van der Waals surface area contributed by atoms with Crippen LogP contribution in [0.5, 0.6) is 0 Å². The number of nitrogens with one attached hydrogen (secondary N) is 1. The molecule has 0 radical (unpaired) electrons. The standard InChI is InChI=1S/C14H27N3O2S2/c1-13(2)15-9-6-10-16(3)21(18,19)17(4)11-8-14-7-5-12-20-14/h5,7,12-13,15H,6,8-11H2,1-4H3. The summed E-state index contributed by atoms with van der Waals surface area (Å²) in [5, 5.41) is 5.30. The summed E-state index contributed by atoms with van der Waals surface area (Å²) in [6.07, 6.45) is 1.57. The van der Waals surface area contributed by atoms with Gasteiger partial charge in [0.05, 0.1) is 0 Å². The van der Waals surface area contributed by atoms with Gasteiger partial charge < -0.3 is 5.32 Å². The van der Waals surface area contributed by atoms with Gasteiger partial charge in [0, 0.05) is 38.1 Å². The maximum atomic E-state index is 12.4. The van der Waals surface area contributed by atoms with Gasteiger partial charge >= 0.3 is 0 Å². The monoisotopic (exact) mass is 333 g/mol. The number of hydrogen-bond acceptors (Lipinski definition) is 4. The molecule has 0 atom stereocenters. The van der Waals surface area contributed by atoms with Gasteiger partial charge in [-0.3, -0.25) is 0 Å². The van der Waals surface area contributed by atoms with E-state index in [0.29, 0.717) is 19.1 Å². The van der Waals surface area contributed by atoms with Crippen LogP contribution >= 0.6 is 11.3 Å². The molecule has 0 bridgehead atoms. The van der Waals surface area contributed by atoms with Crippen LogP contribution in [-0.2, 0) is 16.6 Å². The molecule has 1 heterocycles. The van der Waals surface area contributed by atoms with Crippen molar-refractivity contribution in [2.24, 2.45) is 0 Å². The Morgan fingerprint density at radius 3 is 2.48 bits per heavy atom. The molecule has 21 heavy (non-hydrogen) atoms. The Morgan fingerprint density at radius 1 is 1.24 bits per heavy atom. The zero-order chi connectivity index (χ0) is 15.9. The van der Waals surface area contributed by atoms with E-state index in [9.17, 15) is 8.42 Å². The molecular formula is C14H27N3O2S2. The molecule has 0 unspecified atom stereocenters. The van der Waals surface area contributed by atoms with Crippen LogP contribution in [-0.4, -0.2) is 56.8 Å². The Labute approximate surface area is 133 Å². The second-order valence-corrected chi connectivity index (χ2v) is 8.62. The summed E-state index contributed by atoms with van der Waals surface area (Å²) in [4.78, 5) is 1.21. The van der Waals surface area contributed by atoms with Gasteiger partial charge in [0.15, 0.2) is 0 Å². The molecule has 0 aromatic carbocycles. The summed E-state index contributed by atoms with van der Waals surface area (Å²) in [5.41, 5.74) is 0. The van der Waals surface area contributed by atoms with Crippen molar-refractivity contribution in [3.63, 3.8) is 0 Å². The van der Waals surface area contributed by atoms with Gasteiger partial charge in [-0.1, -0.05) is 19.9 Å². The van der Waals surface area contributed by atoms with Crippen LogP contribution in [0.1, 0.15) is 25.1 Å². The Morgan fingerprint density at radius 2 is 1.90 bits per heavy atom. The van der Waals surface area contributed by atoms with Gasteiger partial charge in [-0.25, -0.2) is 0 Å². The Bertz CT molecular complexity index is 486. The van der Waals surface area contributed by atoms with Crippen molar-refractivity contribution in [2.45, 2.75) is 32.7 Å². The molecule has 5 nitrogen and oxygen atoms in total. The minimum Gasteiger partial charge on any atom is -0.314 e. The summed E-state index contributed by atoms with van der Waals surface area (Å²) in [6, 6.07) is 4.45. The number of nitrogens with zero attached hydrogens (tertiary/aromatic N) is 2. The van der Waals surface area contributed by atoms with Crippen molar-refractivity contribution in [3.8, 4) is 0 Å². The summed E-state index contributed by atoms with van der Waals surface area (Å²) >= 11 is 1.66. The molecule has 0 amide bonds. The molecule has 1 aromatic heterocycles. The van der Waals surface area contributed by atoms with Gasteiger partial charge in [0.25, 0.3) is 10.2 Å². The largest absolute Gasteiger partial charge is 0.314 e. The van der Waals surface area contributed by atoms with Crippen molar-refractivity contribution in [1.82, 2.24) is 13.9 Å². The molecule has 7 heteroatoms. The lowest BCUT2D eigenvalue weighted by atomic mass is 10.3. The van der Waals surface area contributed by atoms with Crippen LogP contribution in [0.3, 0.4) is 0 Å². The average Bonchev–Trinajstić information content (AvgIpc) is 2.93. The SMILES string of the molecule is CC(C)NCCCN(C)S(=O)(=O)N(C)CCc1cccs1. The zero-order valence-corrected chi connectivity index (χ0v) is 15.0. The van der Waals surface area contributed by atoms with Gasteiger partial charge in [-0.2, -0.15) is 17.0 Å². The number of likely N-dealkylation sites (N-methyl/N-ethyl adjacent to an activating group) is 1. The van der Waals surface area contributed by atoms with Crippen LogP contribution in [0.15, 0.2) is 17.5 Å². The van der Waals surface area contributed by atoms with Crippen molar-refractivity contribution >= 4 is 21.5 Å². The highest BCUT2D eigenvalue weighted by Gasteiger charge is 2.22. The summed E-state index contributed by atoms with van der Waals surface area (Å²) in [7, 11) is -0.0596. The third kappa shape index (κ3) is 6.44. The van der Waals surface area contributed by atoms with Crippen LogP contribution in [0.4, 0.5) is 0 Å². The van der Waals surface area contributed by atoms with E-state index in [-0.39, 0.29) is 0 Å². The molecule has 0 aliphatic carbocycles. The highest BCUT2D eigenvalue weighted by atomic mass is 32.2. The highest BCUT2D eigenvalue weighted by Crippen LogP contribution is 2.11. The predicted molar refractivity (Wildman–Crippen MR) is 90.0 cm³/mol. The molecule has 0 spiro atoms. The first-order valence-corrected chi connectivity index (χ1v) is 9.55. The van der Waals surface area contributed by atoms with Gasteiger partial charge in [0.1, 0.15) is 0 Å². The minimum absolute atomic E-state index is 0.431. The molecule has 1 rings (SSSR count). The molecule has 1 N–H and O–H groups in total. The predicted octanol–water partition coefficient (Wildman–Crippen LogP) is 1.79. The van der Waals surface area contributed by atoms with Gasteiger partial charge in [-0.15, -0.1) is 11.3 Å². The summed E-state index contributed by atoms with van der Waals surface area (Å²) in [5.74, 6) is 0. The Kier molecular flexibility index (Phi) is 7.83. The first kappa shape index (κ1) is 18.6. The molecule has 0 aliphatic rings. The zero-order valence-electron chi connectivity index (χ0n) is 13.4. The van der Waals surface area contributed by atoms with Gasteiger partial charge in [-0.05, 0) is 30.8 Å². The normalized spacial score (nSPS) is 12.7. The fraction of sp³-hybridized carbons (Fsp3) is 0.714. The van der Waals surface area contributed by atoms with Crippen molar-refractivity contribution in [1.29, 1.82) is 0 Å². The van der Waals surface area contributed by atoms with E-state index in [1.807, 2.05) is 17.5 Å². The van der Waals surface area contributed by atoms with E-state index in [0.717, 1.165) is 19.4 Å². The lowest BCUT2D eigenvalue weighted by Crippen LogP contribution is -2.41. The van der Waals surface area contributed by atoms with Crippen molar-refractivity contribution in [3.05, 3.63) is 22.4 Å². The fourth-order valence-electron chi connectivity index (χ4n) is 1.88. The molecule has 0 fully saturated rings. The van der Waals surface area contributed by atoms with Crippen LogP contribution < -0.4 is 5.32 Å². The fourth-order valence-corrected chi connectivity index (χ4v) is 3.74. The summed E-state index contributed by atoms with van der Waals surface area (Å²) < 4.78 is 27.6. The summed E-state index contributed by atoms with van der Waals surface area (Å²) in [6.45, 7) is 6.04. The second-order valence-electron chi connectivity index (χ2n) is 5.44. The maximum absolute atomic E-state index is 12.4. The molecule has 1 aromatic rings. The quantitative estimate of drug-likeness (QED) is 0.664. The first-order chi connectivity index (χ1) is 9.84. The van der Waals surface area contributed by atoms with Crippen LogP contribution in [0, 0.1) is 0 Å². The van der Waals surface area contributed by atoms with Crippen LogP contribution in [0.2, 0.25) is 0 Å². The Hall–Kier alpha value is -0.470. The third-order valence-corrected chi connectivity index (χ3v) is 6.12. The minimum atomic E-state index is -3.35. The van der Waals surface area contributed by atoms with Crippen molar-refractivity contribution < 1.29 is 8.42 Å². The smallest absolute Gasteiger partial charge is 0.281 e. The third-order valence-electron chi connectivity index (χ3n) is 3.24. The highest BCUT2D eigenvalue weighted by molar-refractivity contribution is 7.86. The van der Waals surface area contributed by atoms with E-state index in [1.165, 1.54) is 13.5 Å². The molecule has 122 valence electrons. The number of hydrogen-bond donors (Lipinski definition) is 1. The first-order valence-electron chi connectivity index (χ1n) is 7.27. The van der Waals surface area contributed by atoms with E-state index < -0.39 is 10.2 Å². The second kappa shape index (κ2) is 8.85. The van der Waals surface area contributed by atoms with Crippen molar-refractivity contribution in [2.75, 3.05) is 33.7 Å². The number of thiophene rings is 1. The van der Waals surface area contributed by atoms with E-state index in [2.05, 4.69) is 19.2 Å². The molecule has 0 aliphatic heterocycles. The molecule has 0 saturated carbocycles. The van der Waals surface area contributed by atoms with E-state index >= 15 is 0 Å². The van der Waals surface area contributed by atoms with Crippen LogP contribution in [0.25, 0.3) is 0 Å².